The van der Waals surface area contributed by atoms with E-state index in [-0.39, 0.29) is 12.2 Å². The number of rotatable bonds is 4. The van der Waals surface area contributed by atoms with Crippen LogP contribution in [-0.2, 0) is 13.0 Å². The SMILES string of the molecule is Cc1c(CCO)sc[n+]1Cc1c[nH]c(=O)[nH]c1=O.O=[N+]([O-])[O-]. The zero-order chi connectivity index (χ0) is 16.7. The van der Waals surface area contributed by atoms with Crippen LogP contribution in [0.2, 0.25) is 0 Å². The van der Waals surface area contributed by atoms with Crippen LogP contribution in [0.1, 0.15) is 16.1 Å². The maximum Gasteiger partial charge on any atom is 0.325 e. The van der Waals surface area contributed by atoms with Crippen LogP contribution in [-0.4, -0.2) is 26.8 Å². The second-order valence-corrected chi connectivity index (χ2v) is 5.09. The van der Waals surface area contributed by atoms with E-state index in [2.05, 4.69) is 9.97 Å². The van der Waals surface area contributed by atoms with Gasteiger partial charge < -0.3 is 25.4 Å². The molecule has 2 aromatic rings. The van der Waals surface area contributed by atoms with E-state index in [4.69, 9.17) is 20.4 Å². The zero-order valence-electron chi connectivity index (χ0n) is 11.6. The summed E-state index contributed by atoms with van der Waals surface area (Å²) in [5.41, 5.74) is 2.55. The molecular formula is C11H14N4O6S. The van der Waals surface area contributed by atoms with E-state index in [1.807, 2.05) is 17.0 Å². The van der Waals surface area contributed by atoms with Gasteiger partial charge in [0.1, 0.15) is 0 Å². The number of hydrogen-bond donors (Lipinski definition) is 3. The third-order valence-corrected chi connectivity index (χ3v) is 3.88. The molecule has 0 saturated heterocycles. The number of thiazole rings is 1. The second-order valence-electron chi connectivity index (χ2n) is 4.15. The van der Waals surface area contributed by atoms with Gasteiger partial charge in [0.05, 0.1) is 15.5 Å². The Morgan fingerprint density at radius 1 is 1.41 bits per heavy atom. The molecule has 2 heterocycles. The molecule has 0 atom stereocenters. The quantitative estimate of drug-likeness (QED) is 0.373. The van der Waals surface area contributed by atoms with Crippen LogP contribution in [0.3, 0.4) is 0 Å². The summed E-state index contributed by atoms with van der Waals surface area (Å²) in [5, 5.41) is 23.7. The Kier molecular flexibility index (Phi) is 6.41. The van der Waals surface area contributed by atoms with Crippen molar-refractivity contribution in [1.82, 2.24) is 9.97 Å². The molecule has 0 aliphatic carbocycles. The molecule has 2 aromatic heterocycles. The van der Waals surface area contributed by atoms with Gasteiger partial charge in [0.25, 0.3) is 5.56 Å². The van der Waals surface area contributed by atoms with Crippen LogP contribution in [0.5, 0.6) is 0 Å². The number of aromatic nitrogens is 3. The summed E-state index contributed by atoms with van der Waals surface area (Å²) in [5.74, 6) is 0. The van der Waals surface area contributed by atoms with Crippen molar-refractivity contribution >= 4 is 11.3 Å². The lowest BCUT2D eigenvalue weighted by molar-refractivity contribution is -0.689. The average Bonchev–Trinajstić information content (AvgIpc) is 2.75. The van der Waals surface area contributed by atoms with Crippen LogP contribution >= 0.6 is 11.3 Å². The predicted octanol–water partition coefficient (Wildman–Crippen LogP) is -0.935. The fourth-order valence-electron chi connectivity index (χ4n) is 1.69. The van der Waals surface area contributed by atoms with Crippen LogP contribution in [0.4, 0.5) is 0 Å². The molecule has 3 N–H and O–H groups in total. The third-order valence-electron chi connectivity index (χ3n) is 2.73. The molecule has 11 heteroatoms. The summed E-state index contributed by atoms with van der Waals surface area (Å²) < 4.78 is 1.93. The van der Waals surface area contributed by atoms with Crippen LogP contribution in [0, 0.1) is 22.2 Å². The molecule has 0 aliphatic rings. The van der Waals surface area contributed by atoms with E-state index >= 15 is 0 Å². The van der Waals surface area contributed by atoms with E-state index in [0.717, 1.165) is 10.6 Å². The van der Waals surface area contributed by atoms with Crippen LogP contribution in [0.25, 0.3) is 0 Å². The third kappa shape index (κ3) is 5.10. The Bertz CT molecular complexity index is 746. The fraction of sp³-hybridized carbons (Fsp3) is 0.364. The summed E-state index contributed by atoms with van der Waals surface area (Å²) >= 11 is 1.55. The number of hydrogen-bond acceptors (Lipinski definition) is 7. The van der Waals surface area contributed by atoms with Gasteiger partial charge in [-0.05, 0) is 0 Å². The van der Waals surface area contributed by atoms with Gasteiger partial charge in [-0.1, -0.05) is 11.3 Å². The second kappa shape index (κ2) is 8.05. The van der Waals surface area contributed by atoms with Gasteiger partial charge in [0.15, 0.2) is 12.2 Å². The maximum absolute atomic E-state index is 11.6. The minimum absolute atomic E-state index is 0.112. The fourth-order valence-corrected chi connectivity index (χ4v) is 2.67. The summed E-state index contributed by atoms with van der Waals surface area (Å²) in [7, 11) is 0. The van der Waals surface area contributed by atoms with Crippen molar-refractivity contribution in [2.24, 2.45) is 0 Å². The molecule has 0 radical (unpaired) electrons. The molecule has 120 valence electrons. The van der Waals surface area contributed by atoms with Gasteiger partial charge in [-0.2, -0.15) is 4.57 Å². The van der Waals surface area contributed by atoms with Gasteiger partial charge in [0, 0.05) is 26.1 Å². The zero-order valence-corrected chi connectivity index (χ0v) is 12.4. The molecule has 22 heavy (non-hydrogen) atoms. The first-order chi connectivity index (χ1) is 10.3. The van der Waals surface area contributed by atoms with Crippen molar-refractivity contribution in [3.05, 3.63) is 64.0 Å². The normalized spacial score (nSPS) is 9.91. The van der Waals surface area contributed by atoms with Crippen molar-refractivity contribution in [2.45, 2.75) is 19.9 Å². The highest BCUT2D eigenvalue weighted by Crippen LogP contribution is 2.11. The molecular weight excluding hydrogens is 316 g/mol. The highest BCUT2D eigenvalue weighted by Gasteiger charge is 2.16. The summed E-state index contributed by atoms with van der Waals surface area (Å²) in [4.78, 5) is 36.5. The monoisotopic (exact) mass is 330 g/mol. The number of H-pyrrole nitrogens is 2. The molecule has 0 unspecified atom stereocenters. The largest absolute Gasteiger partial charge is 0.396 e. The van der Waals surface area contributed by atoms with Crippen LogP contribution < -0.4 is 15.8 Å². The van der Waals surface area contributed by atoms with Gasteiger partial charge in [-0.15, -0.1) is 0 Å². The van der Waals surface area contributed by atoms with Gasteiger partial charge in [0.2, 0.25) is 5.51 Å². The van der Waals surface area contributed by atoms with Crippen molar-refractivity contribution in [3.63, 3.8) is 0 Å². The maximum atomic E-state index is 11.6. The Morgan fingerprint density at radius 2 is 2.05 bits per heavy atom. The van der Waals surface area contributed by atoms with E-state index in [1.54, 1.807) is 11.3 Å². The number of aliphatic hydroxyl groups excluding tert-OH is 1. The Balaban J connectivity index is 0.000000541. The molecule has 0 aromatic carbocycles. The standard InChI is InChI=1S/C11H13N3O3S.NO3/c1-7-9(2-3-15)18-6-14(7)5-8-4-12-11(17)13-10(8)16;2-1(3)4/h4,6,15H,2-3,5H2,1H3,(H-,12,13,16,17);/q;-1/p+1. The number of nitrogens with zero attached hydrogens (tertiary/aromatic N) is 2. The molecule has 2 rings (SSSR count). The summed E-state index contributed by atoms with van der Waals surface area (Å²) in [6, 6.07) is 0. The Morgan fingerprint density at radius 3 is 2.59 bits per heavy atom. The molecule has 10 nitrogen and oxygen atoms in total. The van der Waals surface area contributed by atoms with Gasteiger partial charge in [-0.25, -0.2) is 4.79 Å². The average molecular weight is 330 g/mol. The van der Waals surface area contributed by atoms with Crippen molar-refractivity contribution in [2.75, 3.05) is 6.61 Å². The van der Waals surface area contributed by atoms with Crippen molar-refractivity contribution < 1.29 is 14.8 Å². The first kappa shape index (κ1) is 17.5. The van der Waals surface area contributed by atoms with E-state index in [1.165, 1.54) is 6.20 Å². The predicted molar refractivity (Wildman–Crippen MR) is 77.2 cm³/mol. The van der Waals surface area contributed by atoms with Crippen LogP contribution in [0.15, 0.2) is 21.3 Å². The summed E-state index contributed by atoms with van der Waals surface area (Å²) in [6.45, 7) is 2.46. The van der Waals surface area contributed by atoms with E-state index < -0.39 is 10.8 Å². The molecule has 0 aliphatic heterocycles. The minimum atomic E-state index is -1.75. The van der Waals surface area contributed by atoms with Crippen molar-refractivity contribution in [3.8, 4) is 0 Å². The van der Waals surface area contributed by atoms with Crippen molar-refractivity contribution in [1.29, 1.82) is 0 Å². The molecule has 0 bridgehead atoms. The Labute approximate surface area is 127 Å². The first-order valence-corrected chi connectivity index (χ1v) is 6.92. The van der Waals surface area contributed by atoms with Gasteiger partial charge in [-0.3, -0.25) is 9.78 Å². The number of aromatic amines is 2. The first-order valence-electron chi connectivity index (χ1n) is 6.04. The highest BCUT2D eigenvalue weighted by molar-refractivity contribution is 7.09. The van der Waals surface area contributed by atoms with Gasteiger partial charge >= 0.3 is 5.69 Å². The van der Waals surface area contributed by atoms with E-state index in [9.17, 15) is 9.59 Å². The molecule has 0 saturated carbocycles. The molecule has 0 spiro atoms. The van der Waals surface area contributed by atoms with E-state index in [0.29, 0.717) is 18.5 Å². The molecule has 0 amide bonds. The molecule has 0 fully saturated rings. The lowest BCUT2D eigenvalue weighted by Crippen LogP contribution is -2.39. The number of nitrogens with one attached hydrogen (secondary N) is 2. The summed E-state index contributed by atoms with van der Waals surface area (Å²) in [6.07, 6.45) is 2.04. The lowest BCUT2D eigenvalue weighted by atomic mass is 10.3. The smallest absolute Gasteiger partial charge is 0.325 e. The minimum Gasteiger partial charge on any atom is -0.396 e. The Hall–Kier alpha value is -2.53. The highest BCUT2D eigenvalue weighted by atomic mass is 32.1. The topological polar surface area (TPSA) is 156 Å². The lowest BCUT2D eigenvalue weighted by Gasteiger charge is -1.96. The number of aliphatic hydroxyl groups is 1.